The Kier molecular flexibility index (Phi) is 8.26. The highest BCUT2D eigenvalue weighted by atomic mass is 35.5. The fourth-order valence-corrected chi connectivity index (χ4v) is 1.84. The van der Waals surface area contributed by atoms with Gasteiger partial charge in [-0.25, -0.2) is 0 Å². The highest BCUT2D eigenvalue weighted by molar-refractivity contribution is 6.31. The van der Waals surface area contributed by atoms with Crippen molar-refractivity contribution in [3.63, 3.8) is 0 Å². The Bertz CT molecular complexity index is 424. The van der Waals surface area contributed by atoms with Crippen LogP contribution in [-0.4, -0.2) is 32.2 Å². The van der Waals surface area contributed by atoms with Crippen LogP contribution in [0, 0.1) is 6.92 Å². The lowest BCUT2D eigenvalue weighted by Gasteiger charge is -2.09. The Morgan fingerprint density at radius 3 is 2.90 bits per heavy atom. The number of hydrogen-bond donors (Lipinski definition) is 2. The maximum absolute atomic E-state index is 11.8. The highest BCUT2D eigenvalue weighted by Crippen LogP contribution is 2.19. The van der Waals surface area contributed by atoms with Crippen molar-refractivity contribution in [2.75, 3.05) is 31.6 Å². The Morgan fingerprint density at radius 1 is 1.35 bits per heavy atom. The minimum atomic E-state index is -0.0650. The van der Waals surface area contributed by atoms with Gasteiger partial charge >= 0.3 is 0 Å². The zero-order valence-corrected chi connectivity index (χ0v) is 12.9. The van der Waals surface area contributed by atoms with Gasteiger partial charge in [0, 0.05) is 23.9 Å². The summed E-state index contributed by atoms with van der Waals surface area (Å²) in [5.41, 5.74) is 1.76. The van der Waals surface area contributed by atoms with E-state index >= 15 is 0 Å². The fraction of sp³-hybridized carbons (Fsp3) is 0.533. The van der Waals surface area contributed by atoms with Crippen molar-refractivity contribution in [2.45, 2.75) is 26.7 Å². The SMILES string of the molecule is CCCOCCCNCC(=O)Nc1cc(Cl)ccc1C. The van der Waals surface area contributed by atoms with Crippen LogP contribution in [0.25, 0.3) is 0 Å². The van der Waals surface area contributed by atoms with E-state index in [1.807, 2.05) is 13.0 Å². The van der Waals surface area contributed by atoms with Crippen molar-refractivity contribution in [3.8, 4) is 0 Å². The fourth-order valence-electron chi connectivity index (χ4n) is 1.67. The summed E-state index contributed by atoms with van der Waals surface area (Å²) in [6.07, 6.45) is 1.94. The minimum absolute atomic E-state index is 0.0650. The van der Waals surface area contributed by atoms with Gasteiger partial charge < -0.3 is 15.4 Å². The lowest BCUT2D eigenvalue weighted by atomic mass is 10.2. The van der Waals surface area contributed by atoms with Crippen LogP contribution < -0.4 is 10.6 Å². The summed E-state index contributed by atoms with van der Waals surface area (Å²) in [6.45, 7) is 6.61. The van der Waals surface area contributed by atoms with E-state index < -0.39 is 0 Å². The topological polar surface area (TPSA) is 50.4 Å². The molecule has 4 nitrogen and oxygen atoms in total. The molecule has 1 amide bonds. The van der Waals surface area contributed by atoms with Gasteiger partial charge in [-0.05, 0) is 44.0 Å². The molecule has 5 heteroatoms. The molecule has 0 heterocycles. The van der Waals surface area contributed by atoms with E-state index in [9.17, 15) is 4.79 Å². The van der Waals surface area contributed by atoms with Crippen LogP contribution in [0.1, 0.15) is 25.3 Å². The highest BCUT2D eigenvalue weighted by Gasteiger charge is 2.04. The Hall–Kier alpha value is -1.10. The number of anilines is 1. The monoisotopic (exact) mass is 298 g/mol. The average Bonchev–Trinajstić information content (AvgIpc) is 2.42. The molecule has 0 saturated carbocycles. The molecule has 0 aliphatic heterocycles. The van der Waals surface area contributed by atoms with Crippen molar-refractivity contribution in [2.24, 2.45) is 0 Å². The number of rotatable bonds is 9. The number of benzene rings is 1. The summed E-state index contributed by atoms with van der Waals surface area (Å²) >= 11 is 5.91. The first-order valence-corrected chi connectivity index (χ1v) is 7.35. The first kappa shape index (κ1) is 17.0. The Balaban J connectivity index is 2.19. The van der Waals surface area contributed by atoms with Crippen molar-refractivity contribution in [1.82, 2.24) is 5.32 Å². The van der Waals surface area contributed by atoms with Crippen LogP contribution in [0.15, 0.2) is 18.2 Å². The average molecular weight is 299 g/mol. The largest absolute Gasteiger partial charge is 0.381 e. The molecule has 0 aliphatic carbocycles. The van der Waals surface area contributed by atoms with Crippen LogP contribution in [0.2, 0.25) is 5.02 Å². The first-order valence-electron chi connectivity index (χ1n) is 6.98. The maximum Gasteiger partial charge on any atom is 0.238 e. The normalized spacial score (nSPS) is 10.6. The third-order valence-electron chi connectivity index (χ3n) is 2.75. The number of amides is 1. The third kappa shape index (κ3) is 6.89. The molecule has 0 aliphatic rings. The number of nitrogens with one attached hydrogen (secondary N) is 2. The van der Waals surface area contributed by atoms with E-state index in [1.165, 1.54) is 0 Å². The summed E-state index contributed by atoms with van der Waals surface area (Å²) in [5.74, 6) is -0.0650. The molecule has 0 unspecified atom stereocenters. The summed E-state index contributed by atoms with van der Waals surface area (Å²) in [4.78, 5) is 11.8. The van der Waals surface area contributed by atoms with E-state index in [-0.39, 0.29) is 5.91 Å². The molecular formula is C15H23ClN2O2. The number of halogens is 1. The summed E-state index contributed by atoms with van der Waals surface area (Å²) in [7, 11) is 0. The Morgan fingerprint density at radius 2 is 2.15 bits per heavy atom. The summed E-state index contributed by atoms with van der Waals surface area (Å²) in [6, 6.07) is 5.45. The molecule has 0 bridgehead atoms. The predicted octanol–water partition coefficient (Wildman–Crippen LogP) is 2.99. The van der Waals surface area contributed by atoms with E-state index in [2.05, 4.69) is 17.6 Å². The zero-order valence-electron chi connectivity index (χ0n) is 12.2. The molecule has 1 aromatic carbocycles. The van der Waals surface area contributed by atoms with Gasteiger partial charge in [0.15, 0.2) is 0 Å². The van der Waals surface area contributed by atoms with Crippen LogP contribution in [-0.2, 0) is 9.53 Å². The maximum atomic E-state index is 11.8. The number of carbonyl (C=O) groups excluding carboxylic acids is 1. The zero-order chi connectivity index (χ0) is 14.8. The number of aryl methyl sites for hydroxylation is 1. The molecule has 0 spiro atoms. The molecule has 112 valence electrons. The third-order valence-corrected chi connectivity index (χ3v) is 2.99. The van der Waals surface area contributed by atoms with Gasteiger partial charge in [0.1, 0.15) is 0 Å². The quantitative estimate of drug-likeness (QED) is 0.689. The van der Waals surface area contributed by atoms with Crippen molar-refractivity contribution >= 4 is 23.2 Å². The molecule has 1 rings (SSSR count). The first-order chi connectivity index (χ1) is 9.63. The lowest BCUT2D eigenvalue weighted by molar-refractivity contribution is -0.115. The van der Waals surface area contributed by atoms with Crippen molar-refractivity contribution < 1.29 is 9.53 Å². The van der Waals surface area contributed by atoms with Crippen LogP contribution in [0.5, 0.6) is 0 Å². The van der Waals surface area contributed by atoms with E-state index in [4.69, 9.17) is 16.3 Å². The smallest absolute Gasteiger partial charge is 0.238 e. The van der Waals surface area contributed by atoms with E-state index in [0.29, 0.717) is 11.6 Å². The van der Waals surface area contributed by atoms with E-state index in [1.54, 1.807) is 12.1 Å². The molecular weight excluding hydrogens is 276 g/mol. The lowest BCUT2D eigenvalue weighted by Crippen LogP contribution is -2.29. The van der Waals surface area contributed by atoms with Gasteiger partial charge in [-0.2, -0.15) is 0 Å². The number of carbonyl (C=O) groups is 1. The predicted molar refractivity (Wildman–Crippen MR) is 83.4 cm³/mol. The second-order valence-corrected chi connectivity index (χ2v) is 5.09. The molecule has 2 N–H and O–H groups in total. The second-order valence-electron chi connectivity index (χ2n) is 4.65. The molecule has 0 radical (unpaired) electrons. The molecule has 1 aromatic rings. The molecule has 0 saturated heterocycles. The van der Waals surface area contributed by atoms with Gasteiger partial charge in [0.05, 0.1) is 6.54 Å². The number of ether oxygens (including phenoxy) is 1. The molecule has 0 fully saturated rings. The van der Waals surface area contributed by atoms with Crippen LogP contribution >= 0.6 is 11.6 Å². The molecule has 20 heavy (non-hydrogen) atoms. The van der Waals surface area contributed by atoms with Crippen LogP contribution in [0.3, 0.4) is 0 Å². The summed E-state index contributed by atoms with van der Waals surface area (Å²) < 4.78 is 5.36. The van der Waals surface area contributed by atoms with Gasteiger partial charge in [-0.1, -0.05) is 24.6 Å². The number of hydrogen-bond acceptors (Lipinski definition) is 3. The van der Waals surface area contributed by atoms with Crippen LogP contribution in [0.4, 0.5) is 5.69 Å². The standard InChI is InChI=1S/C15H23ClN2O2/c1-3-8-20-9-4-7-17-11-15(19)18-14-10-13(16)6-5-12(14)2/h5-6,10,17H,3-4,7-9,11H2,1-2H3,(H,18,19). The summed E-state index contributed by atoms with van der Waals surface area (Å²) in [5, 5.41) is 6.55. The van der Waals surface area contributed by atoms with Crippen molar-refractivity contribution in [1.29, 1.82) is 0 Å². The van der Waals surface area contributed by atoms with Gasteiger partial charge in [-0.3, -0.25) is 4.79 Å². The van der Waals surface area contributed by atoms with Crippen molar-refractivity contribution in [3.05, 3.63) is 28.8 Å². The molecule has 0 atom stereocenters. The minimum Gasteiger partial charge on any atom is -0.381 e. The van der Waals surface area contributed by atoms with Gasteiger partial charge in [0.25, 0.3) is 0 Å². The van der Waals surface area contributed by atoms with Gasteiger partial charge in [0.2, 0.25) is 5.91 Å². The molecule has 0 aromatic heterocycles. The van der Waals surface area contributed by atoms with E-state index in [0.717, 1.165) is 43.9 Å². The van der Waals surface area contributed by atoms with Gasteiger partial charge in [-0.15, -0.1) is 0 Å². The second kappa shape index (κ2) is 9.75. The Labute approximate surface area is 125 Å².